The summed E-state index contributed by atoms with van der Waals surface area (Å²) in [5, 5.41) is 11.6. The fraction of sp³-hybridized carbons (Fsp3) is 0.600. The van der Waals surface area contributed by atoms with Crippen LogP contribution in [0.4, 0.5) is 0 Å². The van der Waals surface area contributed by atoms with Crippen LogP contribution in [0.15, 0.2) is 30.0 Å². The monoisotopic (exact) mass is 260 g/mol. The molecule has 0 aromatic carbocycles. The molecule has 0 aliphatic carbocycles. The Morgan fingerprint density at radius 3 is 2.84 bits per heavy atom. The van der Waals surface area contributed by atoms with Crippen molar-refractivity contribution >= 4 is 0 Å². The second kappa shape index (κ2) is 7.36. The van der Waals surface area contributed by atoms with E-state index in [1.54, 1.807) is 6.20 Å². The van der Waals surface area contributed by atoms with Crippen molar-refractivity contribution in [2.24, 2.45) is 0 Å². The Morgan fingerprint density at radius 2 is 2.21 bits per heavy atom. The maximum absolute atomic E-state index is 4.10. The standard InChI is InChI=1S/C15H24N4/c1-13(2)5-9-19-10-6-14(7-11-19)16-12-15-4-3-8-17-18-15/h3-5,8,14,16H,6-7,9-12H2,1-2H3. The van der Waals surface area contributed by atoms with Crippen molar-refractivity contribution in [2.45, 2.75) is 39.3 Å². The topological polar surface area (TPSA) is 41.0 Å². The number of piperidine rings is 1. The van der Waals surface area contributed by atoms with Crippen molar-refractivity contribution in [1.82, 2.24) is 20.4 Å². The van der Waals surface area contributed by atoms with Gasteiger partial charge in [0.05, 0.1) is 5.69 Å². The summed E-state index contributed by atoms with van der Waals surface area (Å²) in [6, 6.07) is 4.57. The van der Waals surface area contributed by atoms with Crippen LogP contribution in [0.25, 0.3) is 0 Å². The van der Waals surface area contributed by atoms with Gasteiger partial charge in [-0.05, 0) is 51.9 Å². The van der Waals surface area contributed by atoms with Gasteiger partial charge in [0.15, 0.2) is 0 Å². The average Bonchev–Trinajstić information content (AvgIpc) is 2.45. The third-order valence-corrected chi connectivity index (χ3v) is 3.54. The van der Waals surface area contributed by atoms with Gasteiger partial charge in [-0.25, -0.2) is 0 Å². The van der Waals surface area contributed by atoms with E-state index in [0.29, 0.717) is 6.04 Å². The molecule has 1 aromatic rings. The smallest absolute Gasteiger partial charge is 0.0769 e. The predicted octanol–water partition coefficient (Wildman–Crippen LogP) is 2.00. The summed E-state index contributed by atoms with van der Waals surface area (Å²) in [5.74, 6) is 0. The van der Waals surface area contributed by atoms with Crippen LogP contribution < -0.4 is 5.32 Å². The lowest BCUT2D eigenvalue weighted by Gasteiger charge is -2.31. The number of nitrogens with zero attached hydrogens (tertiary/aromatic N) is 3. The van der Waals surface area contributed by atoms with Crippen LogP contribution >= 0.6 is 0 Å². The third-order valence-electron chi connectivity index (χ3n) is 3.54. The number of hydrogen-bond donors (Lipinski definition) is 1. The third kappa shape index (κ3) is 5.09. The minimum absolute atomic E-state index is 0.616. The minimum Gasteiger partial charge on any atom is -0.308 e. The Labute approximate surface area is 115 Å². The van der Waals surface area contributed by atoms with Gasteiger partial charge >= 0.3 is 0 Å². The zero-order valence-corrected chi connectivity index (χ0v) is 12.0. The molecule has 1 N–H and O–H groups in total. The molecular formula is C15H24N4. The van der Waals surface area contributed by atoms with E-state index in [1.165, 1.54) is 31.5 Å². The first kappa shape index (κ1) is 14.2. The number of nitrogens with one attached hydrogen (secondary N) is 1. The van der Waals surface area contributed by atoms with E-state index in [1.807, 2.05) is 12.1 Å². The molecule has 4 heteroatoms. The predicted molar refractivity (Wildman–Crippen MR) is 77.8 cm³/mol. The summed E-state index contributed by atoms with van der Waals surface area (Å²) >= 11 is 0. The molecule has 2 rings (SSSR count). The van der Waals surface area contributed by atoms with E-state index in [4.69, 9.17) is 0 Å². The van der Waals surface area contributed by atoms with Gasteiger partial charge in [0.25, 0.3) is 0 Å². The molecule has 1 fully saturated rings. The van der Waals surface area contributed by atoms with Gasteiger partial charge in [-0.15, -0.1) is 0 Å². The van der Waals surface area contributed by atoms with Crippen molar-refractivity contribution in [2.75, 3.05) is 19.6 Å². The molecule has 1 aliphatic heterocycles. The second-order valence-corrected chi connectivity index (χ2v) is 5.45. The second-order valence-electron chi connectivity index (χ2n) is 5.45. The van der Waals surface area contributed by atoms with Crippen LogP contribution in [-0.4, -0.2) is 40.8 Å². The molecule has 0 bridgehead atoms. The molecule has 0 amide bonds. The average molecular weight is 260 g/mol. The first-order valence-corrected chi connectivity index (χ1v) is 7.10. The highest BCUT2D eigenvalue weighted by Crippen LogP contribution is 2.11. The van der Waals surface area contributed by atoms with Crippen LogP contribution in [0, 0.1) is 0 Å². The lowest BCUT2D eigenvalue weighted by atomic mass is 10.0. The SMILES string of the molecule is CC(C)=CCN1CCC(NCc2cccnn2)CC1. The van der Waals surface area contributed by atoms with E-state index in [2.05, 4.69) is 40.3 Å². The molecular weight excluding hydrogens is 236 g/mol. The van der Waals surface area contributed by atoms with Crippen molar-refractivity contribution in [3.05, 3.63) is 35.7 Å². The number of likely N-dealkylation sites (tertiary alicyclic amines) is 1. The zero-order valence-electron chi connectivity index (χ0n) is 12.0. The maximum atomic E-state index is 4.10. The van der Waals surface area contributed by atoms with E-state index in [0.717, 1.165) is 18.8 Å². The van der Waals surface area contributed by atoms with Gasteiger partial charge in [0, 0.05) is 25.3 Å². The number of rotatable bonds is 5. The molecule has 1 saturated heterocycles. The molecule has 0 unspecified atom stereocenters. The number of hydrogen-bond acceptors (Lipinski definition) is 4. The van der Waals surface area contributed by atoms with Crippen LogP contribution in [0.1, 0.15) is 32.4 Å². The number of aromatic nitrogens is 2. The van der Waals surface area contributed by atoms with Crippen LogP contribution in [0.3, 0.4) is 0 Å². The normalized spacial score (nSPS) is 17.4. The summed E-state index contributed by atoms with van der Waals surface area (Å²) in [6.07, 6.45) is 6.46. The summed E-state index contributed by atoms with van der Waals surface area (Å²) in [6.45, 7) is 8.61. The fourth-order valence-corrected chi connectivity index (χ4v) is 2.31. The molecule has 1 aromatic heterocycles. The highest BCUT2D eigenvalue weighted by molar-refractivity contribution is 4.99. The van der Waals surface area contributed by atoms with Gasteiger partial charge in [-0.2, -0.15) is 10.2 Å². The van der Waals surface area contributed by atoms with E-state index < -0.39 is 0 Å². The van der Waals surface area contributed by atoms with Gasteiger partial charge in [0.1, 0.15) is 0 Å². The molecule has 0 saturated carbocycles. The van der Waals surface area contributed by atoms with E-state index in [-0.39, 0.29) is 0 Å². The Morgan fingerprint density at radius 1 is 1.42 bits per heavy atom. The summed E-state index contributed by atoms with van der Waals surface area (Å²) in [4.78, 5) is 2.52. The van der Waals surface area contributed by atoms with Gasteiger partial charge in [-0.1, -0.05) is 11.6 Å². The summed E-state index contributed by atoms with van der Waals surface area (Å²) in [5.41, 5.74) is 2.43. The lowest BCUT2D eigenvalue weighted by Crippen LogP contribution is -2.42. The van der Waals surface area contributed by atoms with E-state index >= 15 is 0 Å². The Bertz CT molecular complexity index is 390. The molecule has 104 valence electrons. The van der Waals surface area contributed by atoms with Gasteiger partial charge < -0.3 is 5.32 Å². The van der Waals surface area contributed by atoms with E-state index in [9.17, 15) is 0 Å². The summed E-state index contributed by atoms with van der Waals surface area (Å²) < 4.78 is 0. The molecule has 0 spiro atoms. The first-order valence-electron chi connectivity index (χ1n) is 7.10. The highest BCUT2D eigenvalue weighted by atomic mass is 15.1. The number of allylic oxidation sites excluding steroid dienone is 1. The first-order chi connectivity index (χ1) is 9.24. The maximum Gasteiger partial charge on any atom is 0.0769 e. The van der Waals surface area contributed by atoms with Crippen LogP contribution in [0.5, 0.6) is 0 Å². The molecule has 0 radical (unpaired) electrons. The van der Waals surface area contributed by atoms with Crippen LogP contribution in [-0.2, 0) is 6.54 Å². The van der Waals surface area contributed by atoms with Crippen molar-refractivity contribution < 1.29 is 0 Å². The largest absolute Gasteiger partial charge is 0.308 e. The molecule has 4 nitrogen and oxygen atoms in total. The lowest BCUT2D eigenvalue weighted by molar-refractivity contribution is 0.214. The molecule has 19 heavy (non-hydrogen) atoms. The molecule has 2 heterocycles. The van der Waals surface area contributed by atoms with Crippen molar-refractivity contribution in [3.8, 4) is 0 Å². The zero-order chi connectivity index (χ0) is 13.5. The molecule has 1 aliphatic rings. The fourth-order valence-electron chi connectivity index (χ4n) is 2.31. The highest BCUT2D eigenvalue weighted by Gasteiger charge is 2.17. The van der Waals surface area contributed by atoms with Crippen molar-refractivity contribution in [3.63, 3.8) is 0 Å². The Hall–Kier alpha value is -1.26. The quantitative estimate of drug-likeness (QED) is 0.822. The molecule has 0 atom stereocenters. The minimum atomic E-state index is 0.616. The van der Waals surface area contributed by atoms with Gasteiger partial charge in [-0.3, -0.25) is 4.90 Å². The summed E-state index contributed by atoms with van der Waals surface area (Å²) in [7, 11) is 0. The Kier molecular flexibility index (Phi) is 5.48. The van der Waals surface area contributed by atoms with Crippen LogP contribution in [0.2, 0.25) is 0 Å². The van der Waals surface area contributed by atoms with Gasteiger partial charge in [0.2, 0.25) is 0 Å². The Balaban J connectivity index is 1.68. The van der Waals surface area contributed by atoms with Crippen molar-refractivity contribution in [1.29, 1.82) is 0 Å².